The molecule has 3 rings (SSSR count). The summed E-state index contributed by atoms with van der Waals surface area (Å²) >= 11 is 0. The van der Waals surface area contributed by atoms with Gasteiger partial charge in [-0.3, -0.25) is 4.57 Å². The first-order valence-electron chi connectivity index (χ1n) is 10.5. The predicted octanol–water partition coefficient (Wildman–Crippen LogP) is 1.88. The van der Waals surface area contributed by atoms with Crippen LogP contribution in [0.3, 0.4) is 0 Å². The summed E-state index contributed by atoms with van der Waals surface area (Å²) in [6.45, 7) is 10.3. The minimum Gasteiger partial charge on any atom is -0.778 e. The lowest BCUT2D eigenvalue weighted by molar-refractivity contribution is -0.213. The van der Waals surface area contributed by atoms with Gasteiger partial charge in [0.2, 0.25) is 0 Å². The summed E-state index contributed by atoms with van der Waals surface area (Å²) in [7, 11) is -4.34. The van der Waals surface area contributed by atoms with Crippen molar-refractivity contribution in [1.82, 2.24) is 19.5 Å². The van der Waals surface area contributed by atoms with Crippen molar-refractivity contribution in [3.63, 3.8) is 0 Å². The quantitative estimate of drug-likeness (QED) is 0.460. The molecule has 12 heteroatoms. The van der Waals surface area contributed by atoms with Crippen molar-refractivity contribution in [2.75, 3.05) is 18.9 Å². The number of rotatable bonds is 7. The van der Waals surface area contributed by atoms with Crippen LogP contribution in [0.25, 0.3) is 11.2 Å². The van der Waals surface area contributed by atoms with E-state index < -0.39 is 42.9 Å². The molecule has 2 N–H and O–H groups in total. The second-order valence-electron chi connectivity index (χ2n) is 9.79. The number of hydrogen-bond acceptors (Lipinski definition) is 10. The smallest absolute Gasteiger partial charge is 0.167 e. The number of nitrogens with two attached hydrogens (primary N) is 1. The van der Waals surface area contributed by atoms with Crippen LogP contribution in [0.4, 0.5) is 5.82 Å². The maximum atomic E-state index is 13.0. The van der Waals surface area contributed by atoms with Crippen molar-refractivity contribution in [2.45, 2.75) is 76.8 Å². The van der Waals surface area contributed by atoms with Gasteiger partial charge in [0.05, 0.1) is 18.5 Å². The highest BCUT2D eigenvalue weighted by atomic mass is 31.2. The topological polar surface area (TPSA) is 147 Å². The zero-order chi connectivity index (χ0) is 24.6. The standard InChI is InChI=1S/C21H32N5O6P/c1-8-9-29-16-15(32-33(27,28)21(5,6)7)13(10-30-20(2,3)4)31-19(16)26-12-25-14-17(22)23-11-24-18(14)26/h1,11-13,15-16,19H,9-10H2,2-7H3,(H,27,28)(H2,22,23,24)/p-1/t13-,15+,16?,19-/m1/s1. The largest absolute Gasteiger partial charge is 0.778 e. The van der Waals surface area contributed by atoms with Crippen LogP contribution in [0.1, 0.15) is 47.8 Å². The van der Waals surface area contributed by atoms with E-state index in [0.29, 0.717) is 11.2 Å². The molecule has 33 heavy (non-hydrogen) atoms. The molecule has 0 spiro atoms. The summed E-state index contributed by atoms with van der Waals surface area (Å²) in [5.41, 5.74) is 6.21. The molecule has 0 aliphatic carbocycles. The Labute approximate surface area is 193 Å². The monoisotopic (exact) mass is 480 g/mol. The first-order chi connectivity index (χ1) is 15.2. The minimum atomic E-state index is -4.34. The second-order valence-corrected chi connectivity index (χ2v) is 12.3. The molecule has 0 saturated carbocycles. The zero-order valence-electron chi connectivity index (χ0n) is 19.7. The van der Waals surface area contributed by atoms with Crippen LogP contribution in [-0.2, 0) is 23.3 Å². The number of fused-ring (bicyclic) bond motifs is 1. The van der Waals surface area contributed by atoms with E-state index in [9.17, 15) is 9.46 Å². The fourth-order valence-corrected chi connectivity index (χ4v) is 4.11. The molecule has 0 radical (unpaired) electrons. The van der Waals surface area contributed by atoms with Crippen LogP contribution in [0.2, 0.25) is 0 Å². The van der Waals surface area contributed by atoms with Crippen molar-refractivity contribution >= 4 is 24.6 Å². The van der Waals surface area contributed by atoms with E-state index in [1.807, 2.05) is 20.8 Å². The third kappa shape index (κ3) is 5.54. The average Bonchev–Trinajstić information content (AvgIpc) is 3.25. The summed E-state index contributed by atoms with van der Waals surface area (Å²) in [5.74, 6) is 2.61. The summed E-state index contributed by atoms with van der Waals surface area (Å²) in [6, 6.07) is 0. The lowest BCUT2D eigenvalue weighted by atomic mass is 10.1. The highest BCUT2D eigenvalue weighted by molar-refractivity contribution is 7.53. The van der Waals surface area contributed by atoms with Crippen LogP contribution in [0.5, 0.6) is 0 Å². The molecule has 11 nitrogen and oxygen atoms in total. The molecule has 2 aromatic heterocycles. The Morgan fingerprint density at radius 1 is 1.24 bits per heavy atom. The van der Waals surface area contributed by atoms with Crippen molar-refractivity contribution in [1.29, 1.82) is 0 Å². The van der Waals surface area contributed by atoms with Crippen LogP contribution in [-0.4, -0.2) is 61.8 Å². The normalized spacial score (nSPS) is 25.8. The van der Waals surface area contributed by atoms with Crippen molar-refractivity contribution in [3.05, 3.63) is 12.7 Å². The van der Waals surface area contributed by atoms with Gasteiger partial charge in [0.25, 0.3) is 0 Å². The number of hydrogen-bond donors (Lipinski definition) is 1. The third-order valence-electron chi connectivity index (χ3n) is 5.07. The first-order valence-corrected chi connectivity index (χ1v) is 12.1. The lowest BCUT2D eigenvalue weighted by Crippen LogP contribution is -2.42. The van der Waals surface area contributed by atoms with Crippen LogP contribution < -0.4 is 10.6 Å². The highest BCUT2D eigenvalue weighted by Gasteiger charge is 2.50. The molecule has 0 amide bonds. The van der Waals surface area contributed by atoms with Gasteiger partial charge in [-0.05, 0) is 20.8 Å². The molecular formula is C21H31N5O6P-. The third-order valence-corrected chi connectivity index (χ3v) is 7.23. The average molecular weight is 480 g/mol. The van der Waals surface area contributed by atoms with Gasteiger partial charge in [-0.15, -0.1) is 6.42 Å². The molecule has 1 aliphatic heterocycles. The van der Waals surface area contributed by atoms with Crippen molar-refractivity contribution in [3.8, 4) is 12.3 Å². The fourth-order valence-electron chi connectivity index (χ4n) is 3.22. The number of nitrogens with zero attached hydrogens (tertiary/aromatic N) is 4. The number of nitrogen functional groups attached to an aromatic ring is 1. The van der Waals surface area contributed by atoms with Crippen LogP contribution in [0.15, 0.2) is 12.7 Å². The molecule has 1 aliphatic rings. The molecule has 182 valence electrons. The van der Waals surface area contributed by atoms with Crippen LogP contribution >= 0.6 is 7.60 Å². The van der Waals surface area contributed by atoms with E-state index in [0.717, 1.165) is 0 Å². The Morgan fingerprint density at radius 3 is 2.55 bits per heavy atom. The molecule has 5 atom stereocenters. The van der Waals surface area contributed by atoms with Gasteiger partial charge in [0.1, 0.15) is 44.4 Å². The van der Waals surface area contributed by atoms with Gasteiger partial charge >= 0.3 is 0 Å². The molecule has 2 aromatic rings. The van der Waals surface area contributed by atoms with E-state index in [2.05, 4.69) is 20.9 Å². The second kappa shape index (κ2) is 9.29. The van der Waals surface area contributed by atoms with Crippen molar-refractivity contribution in [2.24, 2.45) is 0 Å². The van der Waals surface area contributed by atoms with Gasteiger partial charge in [0, 0.05) is 5.16 Å². The minimum absolute atomic E-state index is 0.0640. The molecule has 0 bridgehead atoms. The number of terminal acetylenes is 1. The van der Waals surface area contributed by atoms with Gasteiger partial charge in [-0.2, -0.15) is 0 Å². The summed E-state index contributed by atoms with van der Waals surface area (Å²) in [5, 5.41) is -1.14. The van der Waals surface area contributed by atoms with Crippen molar-refractivity contribution < 1.29 is 28.2 Å². The van der Waals surface area contributed by atoms with Gasteiger partial charge < -0.3 is 33.9 Å². The van der Waals surface area contributed by atoms with Gasteiger partial charge in [-0.1, -0.05) is 26.7 Å². The Balaban J connectivity index is 2.04. The number of ether oxygens (including phenoxy) is 3. The molecule has 2 unspecified atom stereocenters. The van der Waals surface area contributed by atoms with E-state index in [-0.39, 0.29) is 19.0 Å². The maximum absolute atomic E-state index is 13.0. The van der Waals surface area contributed by atoms with E-state index >= 15 is 0 Å². The van der Waals surface area contributed by atoms with E-state index in [1.165, 1.54) is 12.7 Å². The molecule has 3 heterocycles. The van der Waals surface area contributed by atoms with Gasteiger partial charge in [-0.25, -0.2) is 15.0 Å². The number of anilines is 1. The Kier molecular flexibility index (Phi) is 7.20. The highest BCUT2D eigenvalue weighted by Crippen LogP contribution is 2.54. The SMILES string of the molecule is C#CCOC1[C@@H](OP(=O)([O-])C(C)(C)C)[C@@H](COC(C)(C)C)O[C@H]1n1cnc2c(N)ncnc21. The molecule has 1 saturated heterocycles. The fraction of sp³-hybridized carbons (Fsp3) is 0.667. The molecular weight excluding hydrogens is 449 g/mol. The Morgan fingerprint density at radius 2 is 1.94 bits per heavy atom. The summed E-state index contributed by atoms with van der Waals surface area (Å²) in [6.07, 6.45) is 4.66. The maximum Gasteiger partial charge on any atom is 0.167 e. The molecule has 1 fully saturated rings. The first kappa shape index (κ1) is 25.6. The van der Waals surface area contributed by atoms with Gasteiger partial charge in [0.15, 0.2) is 17.7 Å². The summed E-state index contributed by atoms with van der Waals surface area (Å²) in [4.78, 5) is 25.5. The summed E-state index contributed by atoms with van der Waals surface area (Å²) < 4.78 is 38.3. The Hall–Kier alpha value is -2.06. The van der Waals surface area contributed by atoms with E-state index in [4.69, 9.17) is 30.9 Å². The zero-order valence-corrected chi connectivity index (χ0v) is 20.6. The predicted molar refractivity (Wildman–Crippen MR) is 120 cm³/mol. The lowest BCUT2D eigenvalue weighted by Gasteiger charge is -2.39. The van der Waals surface area contributed by atoms with Crippen LogP contribution in [0, 0.1) is 12.3 Å². The van der Waals surface area contributed by atoms with E-state index in [1.54, 1.807) is 25.3 Å². The molecule has 0 aromatic carbocycles. The Bertz CT molecular complexity index is 1070. The number of imidazole rings is 1. The number of aromatic nitrogens is 4.